The number of nitrogens with zero attached hydrogens (tertiary/aromatic N) is 2. The molecule has 8 heteroatoms. The number of carbonyl (C=O) groups excluding carboxylic acids is 2. The zero-order valence-corrected chi connectivity index (χ0v) is 31.6. The van der Waals surface area contributed by atoms with Gasteiger partial charge in [0.2, 0.25) is 0 Å². The predicted molar refractivity (Wildman–Crippen MR) is 204 cm³/mol. The van der Waals surface area contributed by atoms with Crippen molar-refractivity contribution < 1.29 is 19.1 Å². The van der Waals surface area contributed by atoms with Gasteiger partial charge < -0.3 is 19.3 Å². The van der Waals surface area contributed by atoms with E-state index in [2.05, 4.69) is 48.1 Å². The molecule has 0 aromatic heterocycles. The average molecular weight is 675 g/mol. The number of carbonyl (C=O) groups is 2. The fourth-order valence-electron chi connectivity index (χ4n) is 6.02. The number of benzene rings is 1. The van der Waals surface area contributed by atoms with E-state index in [0.29, 0.717) is 24.6 Å². The Kier molecular flexibility index (Phi) is 29.1. The fourth-order valence-corrected chi connectivity index (χ4v) is 6.02. The van der Waals surface area contributed by atoms with Gasteiger partial charge in [-0.2, -0.15) is 0 Å². The quantitative estimate of drug-likeness (QED) is 0.0740. The predicted octanol–water partition coefficient (Wildman–Crippen LogP) is 11.3. The van der Waals surface area contributed by atoms with Gasteiger partial charge >= 0.3 is 12.2 Å². The molecule has 48 heavy (non-hydrogen) atoms. The van der Waals surface area contributed by atoms with Crippen LogP contribution in [0.15, 0.2) is 24.3 Å². The molecule has 0 bridgehead atoms. The van der Waals surface area contributed by atoms with E-state index < -0.39 is 12.2 Å². The van der Waals surface area contributed by atoms with E-state index in [1.165, 1.54) is 128 Å². The largest absolute Gasteiger partial charge is 0.448 e. The Hall–Kier alpha value is -2.32. The summed E-state index contributed by atoms with van der Waals surface area (Å²) >= 11 is 0. The van der Waals surface area contributed by atoms with Crippen LogP contribution in [0.2, 0.25) is 0 Å². The zero-order valence-electron chi connectivity index (χ0n) is 31.6. The minimum absolute atomic E-state index is 0.343. The van der Waals surface area contributed by atoms with Crippen LogP contribution in [-0.2, 0) is 9.47 Å². The maximum Gasteiger partial charge on any atom is 0.411 e. The maximum atomic E-state index is 12.4. The molecule has 0 spiro atoms. The van der Waals surface area contributed by atoms with Gasteiger partial charge in [-0.05, 0) is 57.2 Å². The minimum Gasteiger partial charge on any atom is -0.448 e. The first-order chi connectivity index (χ1) is 23.5. The van der Waals surface area contributed by atoms with Crippen molar-refractivity contribution in [3.05, 3.63) is 24.3 Å². The molecule has 1 aromatic carbocycles. The molecule has 0 saturated heterocycles. The Morgan fingerprint density at radius 3 is 1.17 bits per heavy atom. The van der Waals surface area contributed by atoms with E-state index in [4.69, 9.17) is 9.47 Å². The average Bonchev–Trinajstić information content (AvgIpc) is 3.08. The lowest BCUT2D eigenvalue weighted by atomic mass is 10.1. The third kappa shape index (κ3) is 25.7. The molecular formula is C40H74N4O4. The van der Waals surface area contributed by atoms with Crippen molar-refractivity contribution in [1.82, 2.24) is 9.80 Å². The van der Waals surface area contributed by atoms with Crippen LogP contribution in [0.3, 0.4) is 0 Å². The van der Waals surface area contributed by atoms with Crippen molar-refractivity contribution in [2.24, 2.45) is 0 Å². The second kappa shape index (κ2) is 31.9. The van der Waals surface area contributed by atoms with Gasteiger partial charge in [0.15, 0.2) is 0 Å². The van der Waals surface area contributed by atoms with Gasteiger partial charge in [0.1, 0.15) is 13.2 Å². The van der Waals surface area contributed by atoms with E-state index in [0.717, 1.165) is 39.3 Å². The molecule has 2 N–H and O–H groups in total. The second-order valence-corrected chi connectivity index (χ2v) is 13.3. The first-order valence-corrected chi connectivity index (χ1v) is 19.9. The Balaban J connectivity index is 2.17. The number of rotatable bonds is 32. The van der Waals surface area contributed by atoms with Gasteiger partial charge in [-0.3, -0.25) is 10.6 Å². The third-order valence-electron chi connectivity index (χ3n) is 9.19. The molecule has 0 aliphatic heterocycles. The first kappa shape index (κ1) is 43.7. The van der Waals surface area contributed by atoms with Crippen molar-refractivity contribution in [3.63, 3.8) is 0 Å². The minimum atomic E-state index is -0.494. The molecular weight excluding hydrogens is 600 g/mol. The molecule has 0 fully saturated rings. The van der Waals surface area contributed by atoms with E-state index in [1.807, 2.05) is 0 Å². The molecule has 0 radical (unpaired) electrons. The first-order valence-electron chi connectivity index (χ1n) is 19.9. The molecule has 0 atom stereocenters. The highest BCUT2D eigenvalue weighted by Gasteiger charge is 2.10. The van der Waals surface area contributed by atoms with Crippen LogP contribution >= 0.6 is 0 Å². The summed E-state index contributed by atoms with van der Waals surface area (Å²) in [5, 5.41) is 5.54. The standard InChI is InChI=1S/C40H74N4O4/c1-5-9-11-13-15-17-19-21-23-25-30-43(7-3)32-34-47-39(45)41-37-28-27-29-38(36-37)42-40(46)48-35-33-44(8-4)31-26-24-22-20-18-16-14-12-10-6-2/h27-29,36H,5-26,30-35H2,1-4H3,(H,41,45)(H,42,46). The molecule has 1 aromatic rings. The van der Waals surface area contributed by atoms with E-state index in [1.54, 1.807) is 24.3 Å². The monoisotopic (exact) mass is 675 g/mol. The summed E-state index contributed by atoms with van der Waals surface area (Å²) in [6.07, 6.45) is 25.7. The number of hydrogen-bond donors (Lipinski definition) is 2. The highest BCUT2D eigenvalue weighted by atomic mass is 16.6. The molecule has 0 aliphatic carbocycles. The molecule has 0 unspecified atom stereocenters. The highest BCUT2D eigenvalue weighted by Crippen LogP contribution is 2.16. The molecule has 0 saturated carbocycles. The number of anilines is 2. The van der Waals surface area contributed by atoms with Gasteiger partial charge in [0, 0.05) is 24.5 Å². The maximum absolute atomic E-state index is 12.4. The zero-order chi connectivity index (χ0) is 34.9. The van der Waals surface area contributed by atoms with Crippen LogP contribution in [0.5, 0.6) is 0 Å². The van der Waals surface area contributed by atoms with Crippen LogP contribution < -0.4 is 10.6 Å². The summed E-state index contributed by atoms with van der Waals surface area (Å²) in [6, 6.07) is 7.03. The lowest BCUT2D eigenvalue weighted by Crippen LogP contribution is -2.30. The summed E-state index contributed by atoms with van der Waals surface area (Å²) in [6.45, 7) is 14.9. The van der Waals surface area contributed by atoms with Gasteiger partial charge in [-0.25, -0.2) is 9.59 Å². The van der Waals surface area contributed by atoms with Crippen molar-refractivity contribution in [2.45, 2.75) is 156 Å². The van der Waals surface area contributed by atoms with Crippen LogP contribution in [0.4, 0.5) is 21.0 Å². The Labute approximate surface area is 295 Å². The summed E-state index contributed by atoms with van der Waals surface area (Å²) in [4.78, 5) is 29.5. The number of likely N-dealkylation sites (N-methyl/N-ethyl adjacent to an activating group) is 2. The van der Waals surface area contributed by atoms with Crippen LogP contribution in [-0.4, -0.2) is 74.5 Å². The van der Waals surface area contributed by atoms with Crippen molar-refractivity contribution in [3.8, 4) is 0 Å². The number of ether oxygens (including phenoxy) is 2. The number of nitrogens with one attached hydrogen (secondary N) is 2. The number of hydrogen-bond acceptors (Lipinski definition) is 6. The summed E-state index contributed by atoms with van der Waals surface area (Å²) in [5.74, 6) is 0. The fraction of sp³-hybridized carbons (Fsp3) is 0.800. The van der Waals surface area contributed by atoms with E-state index in [9.17, 15) is 9.59 Å². The van der Waals surface area contributed by atoms with E-state index in [-0.39, 0.29) is 0 Å². The number of unbranched alkanes of at least 4 members (excludes halogenated alkanes) is 18. The highest BCUT2D eigenvalue weighted by molar-refractivity contribution is 5.88. The molecule has 278 valence electrons. The van der Waals surface area contributed by atoms with Gasteiger partial charge in [-0.15, -0.1) is 0 Å². The van der Waals surface area contributed by atoms with Crippen molar-refractivity contribution in [1.29, 1.82) is 0 Å². The van der Waals surface area contributed by atoms with Gasteiger partial charge in [0.25, 0.3) is 0 Å². The van der Waals surface area contributed by atoms with Crippen LogP contribution in [0.25, 0.3) is 0 Å². The lowest BCUT2D eigenvalue weighted by Gasteiger charge is -2.20. The lowest BCUT2D eigenvalue weighted by molar-refractivity contribution is 0.139. The van der Waals surface area contributed by atoms with Gasteiger partial charge in [0.05, 0.1) is 0 Å². The molecule has 8 nitrogen and oxygen atoms in total. The SMILES string of the molecule is CCCCCCCCCCCCN(CC)CCOC(=O)Nc1cccc(NC(=O)OCCN(CC)CCCCCCCCCCCC)c1. The topological polar surface area (TPSA) is 83.1 Å². The van der Waals surface area contributed by atoms with Crippen molar-refractivity contribution >= 4 is 23.6 Å². The summed E-state index contributed by atoms with van der Waals surface area (Å²) in [7, 11) is 0. The third-order valence-corrected chi connectivity index (χ3v) is 9.19. The molecule has 0 heterocycles. The Bertz CT molecular complexity index is 832. The smallest absolute Gasteiger partial charge is 0.411 e. The molecule has 0 aliphatic rings. The molecule has 2 amide bonds. The second-order valence-electron chi connectivity index (χ2n) is 13.3. The van der Waals surface area contributed by atoms with Crippen LogP contribution in [0.1, 0.15) is 156 Å². The number of amides is 2. The van der Waals surface area contributed by atoms with Crippen molar-refractivity contribution in [2.75, 3.05) is 63.1 Å². The van der Waals surface area contributed by atoms with Crippen LogP contribution in [0, 0.1) is 0 Å². The summed E-state index contributed by atoms with van der Waals surface area (Å²) in [5.41, 5.74) is 1.12. The Morgan fingerprint density at radius 1 is 0.500 bits per heavy atom. The molecule has 1 rings (SSSR count). The Morgan fingerprint density at radius 2 is 0.833 bits per heavy atom. The van der Waals surface area contributed by atoms with E-state index >= 15 is 0 Å². The normalized spacial score (nSPS) is 11.3. The van der Waals surface area contributed by atoms with Gasteiger partial charge in [-0.1, -0.05) is 149 Å². The summed E-state index contributed by atoms with van der Waals surface area (Å²) < 4.78 is 10.9.